The number of aryl methyl sites for hydroxylation is 1. The van der Waals surface area contributed by atoms with Crippen LogP contribution in [0.2, 0.25) is 0 Å². The predicted octanol–water partition coefficient (Wildman–Crippen LogP) is 3.86. The van der Waals surface area contributed by atoms with Crippen molar-refractivity contribution in [1.29, 1.82) is 0 Å². The molecule has 0 bridgehead atoms. The summed E-state index contributed by atoms with van der Waals surface area (Å²) in [6, 6.07) is 6.58. The van der Waals surface area contributed by atoms with Gasteiger partial charge in [-0.3, -0.25) is 10.1 Å². The summed E-state index contributed by atoms with van der Waals surface area (Å²) in [7, 11) is 0. The van der Waals surface area contributed by atoms with Gasteiger partial charge in [-0.2, -0.15) is 0 Å². The predicted molar refractivity (Wildman–Crippen MR) is 67.7 cm³/mol. The molecule has 0 aliphatic carbocycles. The second-order valence-corrected chi connectivity index (χ2v) is 4.19. The highest BCUT2D eigenvalue weighted by Crippen LogP contribution is 2.29. The van der Waals surface area contributed by atoms with Gasteiger partial charge in [0.1, 0.15) is 11.9 Å². The zero-order valence-corrected chi connectivity index (χ0v) is 10.7. The lowest BCUT2D eigenvalue weighted by Crippen LogP contribution is -2.17. The Hall–Kier alpha value is -2.64. The minimum Gasteiger partial charge on any atom is -0.406 e. The zero-order valence-electron chi connectivity index (χ0n) is 10.7. The first-order valence-electron chi connectivity index (χ1n) is 5.73. The average molecular weight is 298 g/mol. The molecule has 0 amide bonds. The average Bonchev–Trinajstić information content (AvgIpc) is 2.36. The van der Waals surface area contributed by atoms with Gasteiger partial charge in [0.25, 0.3) is 5.69 Å². The summed E-state index contributed by atoms with van der Waals surface area (Å²) in [4.78, 5) is 14.0. The summed E-state index contributed by atoms with van der Waals surface area (Å²) in [5, 5.41) is 10.6. The highest BCUT2D eigenvalue weighted by molar-refractivity contribution is 5.65. The number of hydrogen-bond acceptors (Lipinski definition) is 4. The molecular weight excluding hydrogens is 289 g/mol. The Kier molecular flexibility index (Phi) is 3.79. The van der Waals surface area contributed by atoms with Gasteiger partial charge in [-0.1, -0.05) is 12.1 Å². The molecule has 2 rings (SSSR count). The molecule has 5 nitrogen and oxygen atoms in total. The summed E-state index contributed by atoms with van der Waals surface area (Å²) in [6.07, 6.45) is -3.73. The third kappa shape index (κ3) is 3.68. The van der Waals surface area contributed by atoms with Crippen molar-refractivity contribution >= 4 is 5.69 Å². The zero-order chi connectivity index (χ0) is 15.6. The molecule has 0 fully saturated rings. The lowest BCUT2D eigenvalue weighted by atomic mass is 10.1. The van der Waals surface area contributed by atoms with Gasteiger partial charge in [0.15, 0.2) is 0 Å². The first kappa shape index (κ1) is 14.8. The third-order valence-corrected chi connectivity index (χ3v) is 2.62. The molecule has 0 saturated carbocycles. The topological polar surface area (TPSA) is 65.3 Å². The van der Waals surface area contributed by atoms with Gasteiger partial charge in [0.05, 0.1) is 10.6 Å². The monoisotopic (exact) mass is 298 g/mol. The molecular formula is C13H9F3N2O3. The Morgan fingerprint density at radius 1 is 1.29 bits per heavy atom. The van der Waals surface area contributed by atoms with Crippen molar-refractivity contribution in [3.63, 3.8) is 0 Å². The highest BCUT2D eigenvalue weighted by atomic mass is 19.4. The van der Waals surface area contributed by atoms with Crippen LogP contribution in [0.3, 0.4) is 0 Å². The van der Waals surface area contributed by atoms with Gasteiger partial charge < -0.3 is 4.74 Å². The quantitative estimate of drug-likeness (QED) is 0.637. The Morgan fingerprint density at radius 2 is 2.00 bits per heavy atom. The standard InChI is InChI=1S/C13H9F3N2O3/c1-8-5-10(18(19)20)7-17-12(8)9-3-2-4-11(6-9)21-13(14,15)16/h2-7H,1H3. The van der Waals surface area contributed by atoms with Gasteiger partial charge in [-0.05, 0) is 24.6 Å². The molecule has 1 aromatic carbocycles. The molecule has 0 atom stereocenters. The maximum absolute atomic E-state index is 12.2. The number of benzene rings is 1. The summed E-state index contributed by atoms with van der Waals surface area (Å²) in [5.74, 6) is -0.375. The number of ether oxygens (including phenoxy) is 1. The van der Waals surface area contributed by atoms with Gasteiger partial charge >= 0.3 is 6.36 Å². The molecule has 2 aromatic rings. The molecule has 1 aromatic heterocycles. The minimum atomic E-state index is -4.78. The molecule has 0 N–H and O–H groups in total. The van der Waals surface area contributed by atoms with Crippen LogP contribution in [0.25, 0.3) is 11.3 Å². The Balaban J connectivity index is 2.38. The molecule has 0 unspecified atom stereocenters. The molecule has 1 heterocycles. The van der Waals surface area contributed by atoms with E-state index in [2.05, 4.69) is 9.72 Å². The van der Waals surface area contributed by atoms with Crippen molar-refractivity contribution in [3.05, 3.63) is 52.2 Å². The van der Waals surface area contributed by atoms with Gasteiger partial charge in [-0.25, -0.2) is 4.98 Å². The number of halogens is 3. The van der Waals surface area contributed by atoms with Crippen molar-refractivity contribution in [2.24, 2.45) is 0 Å². The third-order valence-electron chi connectivity index (χ3n) is 2.62. The number of alkyl halides is 3. The highest BCUT2D eigenvalue weighted by Gasteiger charge is 2.31. The Labute approximate surface area is 117 Å². The van der Waals surface area contributed by atoms with E-state index in [0.717, 1.165) is 12.3 Å². The van der Waals surface area contributed by atoms with E-state index in [9.17, 15) is 23.3 Å². The number of nitro groups is 1. The van der Waals surface area contributed by atoms with Crippen LogP contribution in [0.15, 0.2) is 36.5 Å². The fraction of sp³-hybridized carbons (Fsp3) is 0.154. The van der Waals surface area contributed by atoms with E-state index in [4.69, 9.17) is 0 Å². The number of hydrogen-bond donors (Lipinski definition) is 0. The summed E-state index contributed by atoms with van der Waals surface area (Å²) in [5.41, 5.74) is 1.03. The van der Waals surface area contributed by atoms with Crippen LogP contribution in [-0.2, 0) is 0 Å². The molecule has 0 saturated heterocycles. The number of aromatic nitrogens is 1. The van der Waals surface area contributed by atoms with E-state index in [-0.39, 0.29) is 11.4 Å². The second-order valence-electron chi connectivity index (χ2n) is 4.19. The summed E-state index contributed by atoms with van der Waals surface area (Å²) < 4.78 is 40.4. The molecule has 0 radical (unpaired) electrons. The smallest absolute Gasteiger partial charge is 0.406 e. The minimum absolute atomic E-state index is 0.182. The molecule has 0 aliphatic rings. The maximum atomic E-state index is 12.2. The van der Waals surface area contributed by atoms with Crippen molar-refractivity contribution in [3.8, 4) is 17.0 Å². The Morgan fingerprint density at radius 3 is 2.57 bits per heavy atom. The lowest BCUT2D eigenvalue weighted by Gasteiger charge is -2.10. The van der Waals surface area contributed by atoms with E-state index in [1.807, 2.05) is 0 Å². The molecule has 0 spiro atoms. The number of pyridine rings is 1. The molecule has 0 aliphatic heterocycles. The summed E-state index contributed by atoms with van der Waals surface area (Å²) in [6.45, 7) is 1.59. The van der Waals surface area contributed by atoms with Crippen molar-refractivity contribution in [1.82, 2.24) is 4.98 Å². The second kappa shape index (κ2) is 5.39. The van der Waals surface area contributed by atoms with Gasteiger partial charge in [0, 0.05) is 11.6 Å². The van der Waals surface area contributed by atoms with Crippen LogP contribution in [0.1, 0.15) is 5.56 Å². The number of nitrogens with zero attached hydrogens (tertiary/aromatic N) is 2. The largest absolute Gasteiger partial charge is 0.573 e. The van der Waals surface area contributed by atoms with E-state index in [1.54, 1.807) is 13.0 Å². The summed E-state index contributed by atoms with van der Waals surface area (Å²) >= 11 is 0. The normalized spacial score (nSPS) is 11.2. The van der Waals surface area contributed by atoms with Crippen LogP contribution < -0.4 is 4.74 Å². The van der Waals surface area contributed by atoms with Crippen molar-refractivity contribution in [2.75, 3.05) is 0 Å². The number of rotatable bonds is 3. The van der Waals surface area contributed by atoms with Crippen LogP contribution in [-0.4, -0.2) is 16.3 Å². The van der Waals surface area contributed by atoms with Crippen molar-refractivity contribution < 1.29 is 22.8 Å². The van der Waals surface area contributed by atoms with E-state index in [1.165, 1.54) is 18.2 Å². The van der Waals surface area contributed by atoms with Gasteiger partial charge in [-0.15, -0.1) is 13.2 Å². The van der Waals surface area contributed by atoms with Crippen LogP contribution in [0.4, 0.5) is 18.9 Å². The van der Waals surface area contributed by atoms with Crippen molar-refractivity contribution in [2.45, 2.75) is 13.3 Å². The van der Waals surface area contributed by atoms with Gasteiger partial charge in [0.2, 0.25) is 0 Å². The fourth-order valence-electron chi connectivity index (χ4n) is 1.80. The molecule has 21 heavy (non-hydrogen) atoms. The lowest BCUT2D eigenvalue weighted by molar-refractivity contribution is -0.385. The SMILES string of the molecule is Cc1cc([N+](=O)[O-])cnc1-c1cccc(OC(F)(F)F)c1. The molecule has 8 heteroatoms. The Bertz CT molecular complexity index is 687. The van der Waals surface area contributed by atoms with Crippen LogP contribution in [0, 0.1) is 17.0 Å². The van der Waals surface area contributed by atoms with Crippen LogP contribution >= 0.6 is 0 Å². The first-order valence-corrected chi connectivity index (χ1v) is 5.73. The van der Waals surface area contributed by atoms with E-state index >= 15 is 0 Å². The fourth-order valence-corrected chi connectivity index (χ4v) is 1.80. The molecule has 110 valence electrons. The van der Waals surface area contributed by atoms with Crippen LogP contribution in [0.5, 0.6) is 5.75 Å². The maximum Gasteiger partial charge on any atom is 0.573 e. The van der Waals surface area contributed by atoms with E-state index in [0.29, 0.717) is 16.8 Å². The van der Waals surface area contributed by atoms with E-state index < -0.39 is 11.3 Å². The first-order chi connectivity index (χ1) is 9.76.